The van der Waals surface area contributed by atoms with Gasteiger partial charge < -0.3 is 15.1 Å². The number of aromatic nitrogens is 2. The van der Waals surface area contributed by atoms with Crippen LogP contribution in [0.15, 0.2) is 21.8 Å². The van der Waals surface area contributed by atoms with E-state index in [0.717, 1.165) is 62.6 Å². The van der Waals surface area contributed by atoms with E-state index in [4.69, 9.17) is 4.99 Å². The molecule has 0 spiro atoms. The number of anilines is 1. The van der Waals surface area contributed by atoms with Crippen LogP contribution < -0.4 is 10.2 Å². The Bertz CT molecular complexity index is 688. The van der Waals surface area contributed by atoms with Crippen LogP contribution >= 0.6 is 22.9 Å². The Morgan fingerprint density at radius 2 is 2.12 bits per heavy atom. The monoisotopic (exact) mass is 392 g/mol. The molecular weight excluding hydrogens is 364 g/mol. The van der Waals surface area contributed by atoms with Gasteiger partial charge in [-0.25, -0.2) is 4.98 Å². The van der Waals surface area contributed by atoms with Crippen molar-refractivity contribution in [2.75, 3.05) is 44.2 Å². The Morgan fingerprint density at radius 1 is 1.31 bits per heavy atom. The van der Waals surface area contributed by atoms with Crippen molar-refractivity contribution in [2.45, 2.75) is 33.1 Å². The highest BCUT2D eigenvalue weighted by Gasteiger charge is 2.22. The largest absolute Gasteiger partial charge is 0.357 e. The summed E-state index contributed by atoms with van der Waals surface area (Å²) in [6.45, 7) is 12.0. The number of aliphatic imine (C=N–C) groups is 1. The van der Waals surface area contributed by atoms with Crippen LogP contribution in [0.2, 0.25) is 0 Å². The topological polar surface area (TPSA) is 56.7 Å². The first kappa shape index (κ1) is 19.1. The number of nitrogens with zero attached hydrogens (tertiary/aromatic N) is 5. The van der Waals surface area contributed by atoms with Gasteiger partial charge in [-0.3, -0.25) is 4.99 Å². The maximum atomic E-state index is 4.90. The molecule has 2 aromatic rings. The number of hydrogen-bond acceptors (Lipinski definition) is 6. The second kappa shape index (κ2) is 9.32. The quantitative estimate of drug-likeness (QED) is 0.605. The Balaban J connectivity index is 1.58. The molecule has 1 saturated heterocycles. The van der Waals surface area contributed by atoms with Crippen LogP contribution in [0, 0.1) is 0 Å². The summed E-state index contributed by atoms with van der Waals surface area (Å²) in [5, 5.41) is 8.86. The van der Waals surface area contributed by atoms with Crippen LogP contribution in [0.4, 0.5) is 5.13 Å². The third-order valence-corrected chi connectivity index (χ3v) is 6.10. The molecule has 1 atom stereocenters. The maximum absolute atomic E-state index is 4.90. The van der Waals surface area contributed by atoms with Gasteiger partial charge in [0.1, 0.15) is 5.82 Å². The molecule has 0 bridgehead atoms. The smallest absolute Gasteiger partial charge is 0.205 e. The summed E-state index contributed by atoms with van der Waals surface area (Å²) in [6, 6.07) is 2.20. The minimum atomic E-state index is 0.449. The van der Waals surface area contributed by atoms with Crippen molar-refractivity contribution in [2.24, 2.45) is 4.99 Å². The summed E-state index contributed by atoms with van der Waals surface area (Å²) in [6.07, 6.45) is 0.899. The standard InChI is InChI=1S/C18H28N6S2/c1-4-16-21-18(26-22-16)24-9-7-23(8-10-24)17(19-5-2)20-12-14(3)15-6-11-25-13-15/h6,11,13-14H,4-5,7-10,12H2,1-3H3,(H,19,20). The number of guanidine groups is 1. The summed E-state index contributed by atoms with van der Waals surface area (Å²) in [5.41, 5.74) is 1.38. The van der Waals surface area contributed by atoms with Gasteiger partial charge in [0.25, 0.3) is 0 Å². The average molecular weight is 393 g/mol. The SMILES string of the molecule is CCNC(=NCC(C)c1ccsc1)N1CCN(c2nc(CC)ns2)CC1. The van der Waals surface area contributed by atoms with E-state index in [1.54, 1.807) is 11.3 Å². The lowest BCUT2D eigenvalue weighted by molar-refractivity contribution is 0.372. The Morgan fingerprint density at radius 3 is 2.73 bits per heavy atom. The zero-order chi connectivity index (χ0) is 18.4. The maximum Gasteiger partial charge on any atom is 0.205 e. The zero-order valence-corrected chi connectivity index (χ0v) is 17.4. The number of hydrogen-bond donors (Lipinski definition) is 1. The molecule has 1 aliphatic heterocycles. The fraction of sp³-hybridized carbons (Fsp3) is 0.611. The highest BCUT2D eigenvalue weighted by molar-refractivity contribution is 7.09. The number of thiophene rings is 1. The number of rotatable bonds is 6. The van der Waals surface area contributed by atoms with Crippen molar-refractivity contribution >= 4 is 34.0 Å². The molecule has 1 aliphatic rings. The minimum Gasteiger partial charge on any atom is -0.357 e. The molecule has 0 aliphatic carbocycles. The van der Waals surface area contributed by atoms with Gasteiger partial charge in [-0.1, -0.05) is 13.8 Å². The van der Waals surface area contributed by atoms with Crippen molar-refractivity contribution < 1.29 is 0 Å². The van der Waals surface area contributed by atoms with Crippen molar-refractivity contribution in [1.29, 1.82) is 0 Å². The van der Waals surface area contributed by atoms with Gasteiger partial charge >= 0.3 is 0 Å². The second-order valence-corrected chi connectivity index (χ2v) is 7.98. The summed E-state index contributed by atoms with van der Waals surface area (Å²) in [4.78, 5) is 14.2. The van der Waals surface area contributed by atoms with E-state index in [2.05, 4.69) is 62.1 Å². The molecule has 142 valence electrons. The second-order valence-electron chi connectivity index (χ2n) is 6.47. The molecule has 26 heavy (non-hydrogen) atoms. The highest BCUT2D eigenvalue weighted by atomic mass is 32.1. The average Bonchev–Trinajstić information content (AvgIpc) is 3.37. The van der Waals surface area contributed by atoms with Gasteiger partial charge in [0.05, 0.1) is 0 Å². The first-order valence-electron chi connectivity index (χ1n) is 9.34. The normalized spacial score (nSPS) is 16.8. The van der Waals surface area contributed by atoms with Gasteiger partial charge in [-0.05, 0) is 29.3 Å². The molecule has 1 unspecified atom stereocenters. The van der Waals surface area contributed by atoms with Crippen molar-refractivity contribution in [1.82, 2.24) is 19.6 Å². The lowest BCUT2D eigenvalue weighted by atomic mass is 10.1. The van der Waals surface area contributed by atoms with E-state index in [1.807, 2.05) is 0 Å². The first-order chi connectivity index (χ1) is 12.7. The van der Waals surface area contributed by atoms with Crippen LogP contribution in [-0.4, -0.2) is 59.5 Å². The number of aryl methyl sites for hydroxylation is 1. The third kappa shape index (κ3) is 4.73. The molecule has 0 amide bonds. The van der Waals surface area contributed by atoms with E-state index in [0.29, 0.717) is 5.92 Å². The van der Waals surface area contributed by atoms with Crippen LogP contribution in [0.5, 0.6) is 0 Å². The Hall–Kier alpha value is -1.67. The van der Waals surface area contributed by atoms with Crippen LogP contribution in [0.1, 0.15) is 38.1 Å². The summed E-state index contributed by atoms with van der Waals surface area (Å²) >= 11 is 3.27. The zero-order valence-electron chi connectivity index (χ0n) is 15.8. The predicted octanol–water partition coefficient (Wildman–Crippen LogP) is 3.05. The van der Waals surface area contributed by atoms with Gasteiger partial charge in [0, 0.05) is 63.1 Å². The molecule has 2 aromatic heterocycles. The Labute approximate surface area is 164 Å². The molecule has 0 saturated carbocycles. The van der Waals surface area contributed by atoms with E-state index in [9.17, 15) is 0 Å². The fourth-order valence-corrected chi connectivity index (χ4v) is 4.52. The summed E-state index contributed by atoms with van der Waals surface area (Å²) in [7, 11) is 0. The molecule has 1 fully saturated rings. The predicted molar refractivity (Wildman–Crippen MR) is 112 cm³/mol. The van der Waals surface area contributed by atoms with Crippen molar-refractivity contribution in [3.63, 3.8) is 0 Å². The van der Waals surface area contributed by atoms with Gasteiger partial charge in [-0.2, -0.15) is 15.7 Å². The van der Waals surface area contributed by atoms with E-state index >= 15 is 0 Å². The molecule has 0 aromatic carbocycles. The fourth-order valence-electron chi connectivity index (χ4n) is 2.94. The van der Waals surface area contributed by atoms with Gasteiger partial charge in [0.15, 0.2) is 5.96 Å². The molecule has 3 heterocycles. The van der Waals surface area contributed by atoms with E-state index in [1.165, 1.54) is 17.1 Å². The van der Waals surface area contributed by atoms with Gasteiger partial charge in [-0.15, -0.1) is 0 Å². The molecule has 6 nitrogen and oxygen atoms in total. The summed E-state index contributed by atoms with van der Waals surface area (Å²) in [5.74, 6) is 2.43. The molecule has 3 rings (SSSR count). The lowest BCUT2D eigenvalue weighted by Gasteiger charge is -2.36. The lowest BCUT2D eigenvalue weighted by Crippen LogP contribution is -2.52. The Kier molecular flexibility index (Phi) is 6.85. The number of nitrogens with one attached hydrogen (secondary N) is 1. The van der Waals surface area contributed by atoms with E-state index < -0.39 is 0 Å². The molecule has 0 radical (unpaired) electrons. The van der Waals surface area contributed by atoms with Crippen molar-refractivity contribution in [3.8, 4) is 0 Å². The van der Waals surface area contributed by atoms with Crippen molar-refractivity contribution in [3.05, 3.63) is 28.2 Å². The van der Waals surface area contributed by atoms with E-state index in [-0.39, 0.29) is 0 Å². The number of piperazine rings is 1. The van der Waals surface area contributed by atoms with Gasteiger partial charge in [0.2, 0.25) is 5.13 Å². The van der Waals surface area contributed by atoms with Crippen LogP contribution in [0.25, 0.3) is 0 Å². The minimum absolute atomic E-state index is 0.449. The third-order valence-electron chi connectivity index (χ3n) is 4.59. The summed E-state index contributed by atoms with van der Waals surface area (Å²) < 4.78 is 4.41. The molecular formula is C18H28N6S2. The van der Waals surface area contributed by atoms with Crippen LogP contribution in [0.3, 0.4) is 0 Å². The molecule has 1 N–H and O–H groups in total. The molecule has 8 heteroatoms. The highest BCUT2D eigenvalue weighted by Crippen LogP contribution is 2.20. The van der Waals surface area contributed by atoms with Crippen LogP contribution in [-0.2, 0) is 6.42 Å². The first-order valence-corrected chi connectivity index (χ1v) is 11.1.